The average Bonchev–Trinajstić information content (AvgIpc) is 1.01. The highest BCUT2D eigenvalue weighted by Gasteiger charge is 2.41. The number of carboxylic acid groups (broad SMARTS) is 2. The fraction of sp³-hybridized carbons (Fsp3) is 0.708. The van der Waals surface area contributed by atoms with Gasteiger partial charge in [0.25, 0.3) is 0 Å². The van der Waals surface area contributed by atoms with Crippen molar-refractivity contribution < 1.29 is 141 Å². The topological polar surface area (TPSA) is 860 Å². The number of aromatic amines is 1. The maximum atomic E-state index is 14.3. The number of nitrogens with zero attached hydrogens (tertiary/aromatic N) is 1. The van der Waals surface area contributed by atoms with Crippen molar-refractivity contribution in [3.63, 3.8) is 0 Å². The number of aliphatic hydroxyl groups is 5. The van der Waals surface area contributed by atoms with Crippen molar-refractivity contribution in [3.8, 4) is 0 Å². The Balaban J connectivity index is 2.23. The molecule has 0 bridgehead atoms. The van der Waals surface area contributed by atoms with Gasteiger partial charge in [-0.05, 0) is 146 Å². The van der Waals surface area contributed by atoms with Crippen LogP contribution >= 0.6 is 23.5 Å². The van der Waals surface area contributed by atoms with E-state index in [0.717, 1.165) is 27.2 Å². The molecule has 57 heteroatoms. The van der Waals surface area contributed by atoms with Gasteiger partial charge in [-0.3, -0.25) is 106 Å². The molecule has 1 aliphatic rings. The Kier molecular flexibility index (Phi) is 59.5. The van der Waals surface area contributed by atoms with Gasteiger partial charge in [0.15, 0.2) is 5.96 Å². The fourth-order valence-electron chi connectivity index (χ4n) is 14.2. The van der Waals surface area contributed by atoms with Gasteiger partial charge in [-0.15, -0.1) is 0 Å². The SMILES string of the molecule is CC[C@H](C)[C@H](NC(=O)[C@H](CO)NC(=O)[C@H](CC(C)C)NC(=O)CNC(=O)[C@H](CO)NC(=O)[C@@H](NC(=O)[C@@H]1CCCN1)C(C)C)C(=O)NCC(=O)N[C@H](C(=O)NCC(=O)N[C@@H](CCCNC(=N)N)C(=O)N[C@@H](C)C(=O)N[C@@H](CCSC)C(=O)N[C@@H](CC(C)C)C(=O)NCC(=O)N[C@H](C(=O)N[C@@H](Cc1cnc[nH]1)C(=O)N[C@H](C(=O)N[C@@H](CCSC)C(=O)N[C@@H](CCC(=O)O)C(=O)N[C@H](C(=O)O)C(C)C)[C@@H](C)O)[C@@H](C)O)[C@@H](C)O. The number of rotatable bonds is 69. The molecule has 0 spiro atoms. The van der Waals surface area contributed by atoms with Gasteiger partial charge in [-0.25, -0.2) is 9.78 Å². The zero-order valence-electron chi connectivity index (χ0n) is 85.1. The molecule has 21 atom stereocenters. The number of carbonyl (C=O) groups is 22. The Morgan fingerprint density at radius 3 is 1.24 bits per heavy atom. The summed E-state index contributed by atoms with van der Waals surface area (Å²) in [5.41, 5.74) is 5.67. The second-order valence-corrected chi connectivity index (χ2v) is 38.7. The number of aromatic nitrogens is 2. The minimum atomic E-state index is -1.90. The molecule has 0 unspecified atom stereocenters. The second kappa shape index (κ2) is 67.1. The summed E-state index contributed by atoms with van der Waals surface area (Å²) in [6.45, 7) is 16.0. The van der Waals surface area contributed by atoms with Gasteiger partial charge < -0.3 is 163 Å². The predicted octanol–water partition coefficient (Wildman–Crippen LogP) is -10.8. The first-order chi connectivity index (χ1) is 68.5. The highest BCUT2D eigenvalue weighted by Crippen LogP contribution is 2.17. The number of carboxylic acids is 2. The fourth-order valence-corrected chi connectivity index (χ4v) is 15.1. The number of nitrogens with two attached hydrogens (primary N) is 1. The molecule has 1 fully saturated rings. The number of carbonyl (C=O) groups excluding carboxylic acids is 20. The zero-order valence-corrected chi connectivity index (χ0v) is 86.7. The van der Waals surface area contributed by atoms with Crippen LogP contribution in [0.4, 0.5) is 0 Å². The third-order valence-corrected chi connectivity index (χ3v) is 24.0. The van der Waals surface area contributed by atoms with Crippen LogP contribution in [0.1, 0.15) is 173 Å². The summed E-state index contributed by atoms with van der Waals surface area (Å²) in [5, 5.41) is 133. The summed E-state index contributed by atoms with van der Waals surface area (Å²) in [6.07, 6.45) is 0.159. The molecule has 0 aromatic carbocycles. The third-order valence-electron chi connectivity index (χ3n) is 22.7. The molecule has 0 aliphatic carbocycles. The summed E-state index contributed by atoms with van der Waals surface area (Å²) in [7, 11) is 0. The van der Waals surface area contributed by atoms with Crippen molar-refractivity contribution >= 4 is 160 Å². The average molecular weight is 2110 g/mol. The Hall–Kier alpha value is -12.7. The number of nitrogens with one attached hydrogen (secondary N) is 24. The smallest absolute Gasteiger partial charge is 0.326 e. The molecule has 146 heavy (non-hydrogen) atoms. The van der Waals surface area contributed by atoms with Crippen LogP contribution in [-0.2, 0) is 112 Å². The normalized spacial score (nSPS) is 16.4. The van der Waals surface area contributed by atoms with Gasteiger partial charge in [0.1, 0.15) is 96.7 Å². The van der Waals surface area contributed by atoms with Gasteiger partial charge in [-0.2, -0.15) is 23.5 Å². The molecular formula is C89H152N26O29S2. The van der Waals surface area contributed by atoms with E-state index in [-0.39, 0.29) is 80.5 Å². The summed E-state index contributed by atoms with van der Waals surface area (Å²) >= 11 is 2.50. The standard InChI is InChI=1S/C89H152N26O29S2/c1-17-45(10)68(114-82(137)60(39-117)108-80(135)57(31-42(4)5)102-62(122)34-96-74(129)59(38-116)109-85(140)66(43(6)7)112-75(130)51-20-18-26-93-51)83(138)97-37-64(124)110-69(47(12)118)84(139)98-35-61(121)101-52(21-19-27-94-89(90)91)76(131)100-46(11)72(127)103-54(24-28-145-15)78(133)106-56(30-41(2)3)73(128)95-36-63(123)111-70(48(13)119)86(141)107-58(32-50-33-92-40-99-50)81(136)115-71(49(14)120)87(142)105-55(25-29-146-16)77(132)104-53(22-23-65(125)126)79(134)113-67(44(8)9)88(143)144/h33,40-49,51-60,66-71,93,116-120H,17-32,34-39H2,1-16H3,(H,92,99)(H,95,128)(H,96,129)(H,97,138)(H,98,139)(H,100,131)(H,101,121)(H,102,122)(H,103,127)(H,104,132)(H,105,142)(H,106,133)(H,107,141)(H,108,135)(H,109,140)(H,110,124)(H,111,123)(H,112,130)(H,113,134)(H,114,137)(H,115,136)(H,125,126)(H,143,144)(H4,90,91,94)/t45-,46-,47+,48+,49+,51-,52-,53-,54-,55-,56-,57-,58-,59-,60-,66-,67-,68-,69-,70-,71-/m0/s1. The maximum Gasteiger partial charge on any atom is 0.326 e. The number of thioether (sulfide) groups is 2. The molecule has 2 heterocycles. The van der Waals surface area contributed by atoms with E-state index in [1.165, 1.54) is 56.8 Å². The zero-order chi connectivity index (χ0) is 111. The van der Waals surface area contributed by atoms with Crippen LogP contribution in [0.15, 0.2) is 12.5 Å². The minimum absolute atomic E-state index is 0.0133. The molecule has 1 aromatic heterocycles. The molecule has 20 amide bonds. The number of hydrogen-bond donors (Lipinski definition) is 32. The van der Waals surface area contributed by atoms with Crippen LogP contribution in [0.3, 0.4) is 0 Å². The first-order valence-electron chi connectivity index (χ1n) is 47.9. The van der Waals surface area contributed by atoms with E-state index in [0.29, 0.717) is 13.0 Å². The van der Waals surface area contributed by atoms with Gasteiger partial charge in [0.2, 0.25) is 118 Å². The number of imidazole rings is 1. The van der Waals surface area contributed by atoms with E-state index in [2.05, 4.69) is 127 Å². The molecule has 55 nitrogen and oxygen atoms in total. The number of amides is 20. The quantitative estimate of drug-likeness (QED) is 0.0164. The van der Waals surface area contributed by atoms with Gasteiger partial charge >= 0.3 is 11.9 Å². The van der Waals surface area contributed by atoms with Gasteiger partial charge in [-0.1, -0.05) is 75.7 Å². The first-order valence-corrected chi connectivity index (χ1v) is 50.7. The molecule has 1 saturated heterocycles. The second-order valence-electron chi connectivity index (χ2n) is 36.8. The summed E-state index contributed by atoms with van der Waals surface area (Å²) in [4.78, 5) is 305. The highest BCUT2D eigenvalue weighted by atomic mass is 32.2. The molecule has 33 N–H and O–H groups in total. The van der Waals surface area contributed by atoms with Crippen LogP contribution in [0.5, 0.6) is 0 Å². The molecule has 1 aliphatic heterocycles. The van der Waals surface area contributed by atoms with Crippen LogP contribution in [-0.4, -0.2) is 379 Å². The molecule has 824 valence electrons. The first kappa shape index (κ1) is 129. The molecular weight excluding hydrogens is 1960 g/mol. The molecule has 0 saturated carbocycles. The lowest BCUT2D eigenvalue weighted by Crippen LogP contribution is -2.62. The van der Waals surface area contributed by atoms with Crippen molar-refractivity contribution in [2.75, 3.05) is 76.5 Å². The van der Waals surface area contributed by atoms with E-state index < -0.39 is 333 Å². The molecule has 2 rings (SSSR count). The van der Waals surface area contributed by atoms with Crippen molar-refractivity contribution in [2.45, 2.75) is 295 Å². The Labute approximate surface area is 854 Å². The molecule has 0 radical (unpaired) electrons. The van der Waals surface area contributed by atoms with Crippen LogP contribution in [0, 0.1) is 35.0 Å². The number of H-pyrrole nitrogens is 1. The maximum absolute atomic E-state index is 14.3. The Morgan fingerprint density at radius 2 is 0.788 bits per heavy atom. The summed E-state index contributed by atoms with van der Waals surface area (Å²) in [5.74, 6) is -25.1. The number of guanidine groups is 1. The third kappa shape index (κ3) is 48.1. The van der Waals surface area contributed by atoms with Gasteiger partial charge in [0, 0.05) is 31.3 Å². The van der Waals surface area contributed by atoms with Crippen LogP contribution < -0.4 is 123 Å². The van der Waals surface area contributed by atoms with E-state index in [1.807, 2.05) is 0 Å². The van der Waals surface area contributed by atoms with E-state index in [9.17, 15) is 141 Å². The summed E-state index contributed by atoms with van der Waals surface area (Å²) in [6, 6.07) is -25.5. The number of aliphatic hydroxyl groups excluding tert-OH is 5. The Morgan fingerprint density at radius 1 is 0.418 bits per heavy atom. The van der Waals surface area contributed by atoms with Crippen molar-refractivity contribution in [1.29, 1.82) is 5.41 Å². The Bertz CT molecular complexity index is 4530. The molecule has 1 aromatic rings. The highest BCUT2D eigenvalue weighted by molar-refractivity contribution is 7.98. The van der Waals surface area contributed by atoms with Gasteiger partial charge in [0.05, 0.1) is 70.1 Å². The largest absolute Gasteiger partial charge is 0.481 e. The lowest BCUT2D eigenvalue weighted by molar-refractivity contribution is -0.144. The van der Waals surface area contributed by atoms with E-state index in [4.69, 9.17) is 11.1 Å². The van der Waals surface area contributed by atoms with Crippen molar-refractivity contribution in [2.24, 2.45) is 35.3 Å². The van der Waals surface area contributed by atoms with Crippen LogP contribution in [0.25, 0.3) is 0 Å². The minimum Gasteiger partial charge on any atom is -0.481 e. The summed E-state index contributed by atoms with van der Waals surface area (Å²) < 4.78 is 0. The van der Waals surface area contributed by atoms with Crippen molar-refractivity contribution in [3.05, 3.63) is 18.2 Å². The predicted molar refractivity (Wildman–Crippen MR) is 529 cm³/mol. The lowest BCUT2D eigenvalue weighted by Gasteiger charge is -2.29. The van der Waals surface area contributed by atoms with E-state index in [1.54, 1.807) is 67.9 Å². The van der Waals surface area contributed by atoms with Crippen molar-refractivity contribution in [1.82, 2.24) is 127 Å². The number of hydrogen-bond acceptors (Lipinski definition) is 32. The van der Waals surface area contributed by atoms with Crippen LogP contribution in [0.2, 0.25) is 0 Å². The number of aliphatic carboxylic acids is 2. The monoisotopic (exact) mass is 2110 g/mol. The van der Waals surface area contributed by atoms with E-state index >= 15 is 0 Å². The lowest BCUT2D eigenvalue weighted by atomic mass is 9.97.